The van der Waals surface area contributed by atoms with Gasteiger partial charge in [-0.3, -0.25) is 0 Å². The molecule has 0 aromatic heterocycles. The van der Waals surface area contributed by atoms with E-state index in [9.17, 15) is 9.18 Å². The summed E-state index contributed by atoms with van der Waals surface area (Å²) in [6.45, 7) is 1.85. The highest BCUT2D eigenvalue weighted by Crippen LogP contribution is 2.26. The lowest BCUT2D eigenvalue weighted by Gasteiger charge is -2.09. The summed E-state index contributed by atoms with van der Waals surface area (Å²) in [5.74, 6) is -1.47. The van der Waals surface area contributed by atoms with Crippen LogP contribution < -0.4 is 4.74 Å². The first-order valence-electron chi connectivity index (χ1n) is 4.59. The highest BCUT2D eigenvalue weighted by Gasteiger charge is 2.19. The quantitative estimate of drug-likeness (QED) is 0.734. The summed E-state index contributed by atoms with van der Waals surface area (Å²) in [5, 5.41) is 8.74. The molecule has 0 aliphatic rings. The van der Waals surface area contributed by atoms with Gasteiger partial charge in [0, 0.05) is 0 Å². The van der Waals surface area contributed by atoms with E-state index in [2.05, 4.69) is 0 Å². The van der Waals surface area contributed by atoms with Gasteiger partial charge < -0.3 is 9.47 Å². The number of methoxy groups -OCH3 is 1. The standard InChI is InChI=1S/C11H10FNO3/c1-3-16-11(14)7-4-5-9(12)8(6-13)10(7)15-2/h4-5H,3H2,1-2H3. The summed E-state index contributed by atoms with van der Waals surface area (Å²) in [7, 11) is 1.26. The number of ether oxygens (including phenoxy) is 2. The zero-order valence-corrected chi connectivity index (χ0v) is 8.91. The fourth-order valence-electron chi connectivity index (χ4n) is 1.24. The summed E-state index contributed by atoms with van der Waals surface area (Å²) in [6.07, 6.45) is 0. The van der Waals surface area contributed by atoms with Crippen molar-refractivity contribution in [1.29, 1.82) is 5.26 Å². The van der Waals surface area contributed by atoms with Gasteiger partial charge in [0.2, 0.25) is 0 Å². The predicted molar refractivity (Wildman–Crippen MR) is 53.6 cm³/mol. The third kappa shape index (κ3) is 2.11. The predicted octanol–water partition coefficient (Wildman–Crippen LogP) is 1.88. The van der Waals surface area contributed by atoms with Gasteiger partial charge in [0.15, 0.2) is 5.75 Å². The van der Waals surface area contributed by atoms with Crippen LogP contribution in [0.5, 0.6) is 5.75 Å². The van der Waals surface area contributed by atoms with Crippen LogP contribution >= 0.6 is 0 Å². The van der Waals surface area contributed by atoms with Crippen molar-refractivity contribution in [1.82, 2.24) is 0 Å². The van der Waals surface area contributed by atoms with Crippen LogP contribution in [0, 0.1) is 17.1 Å². The van der Waals surface area contributed by atoms with Crippen LogP contribution in [0.4, 0.5) is 4.39 Å². The number of halogens is 1. The highest BCUT2D eigenvalue weighted by molar-refractivity contribution is 5.93. The van der Waals surface area contributed by atoms with Gasteiger partial charge >= 0.3 is 5.97 Å². The number of carbonyl (C=O) groups excluding carboxylic acids is 1. The van der Waals surface area contributed by atoms with Crippen LogP contribution in [0.15, 0.2) is 12.1 Å². The summed E-state index contributed by atoms with van der Waals surface area (Å²) in [5.41, 5.74) is -0.254. The number of esters is 1. The number of hydrogen-bond acceptors (Lipinski definition) is 4. The number of nitrogens with zero attached hydrogens (tertiary/aromatic N) is 1. The average Bonchev–Trinajstić information content (AvgIpc) is 2.28. The van der Waals surface area contributed by atoms with Crippen molar-refractivity contribution in [3.8, 4) is 11.8 Å². The minimum Gasteiger partial charge on any atom is -0.494 e. The molecule has 1 rings (SSSR count). The van der Waals surface area contributed by atoms with Crippen LogP contribution in [-0.2, 0) is 4.74 Å². The van der Waals surface area contributed by atoms with E-state index < -0.39 is 11.8 Å². The molecule has 0 aliphatic heterocycles. The van der Waals surface area contributed by atoms with Crippen molar-refractivity contribution in [3.63, 3.8) is 0 Å². The zero-order chi connectivity index (χ0) is 12.1. The molecule has 0 bridgehead atoms. The fraction of sp³-hybridized carbons (Fsp3) is 0.273. The second-order valence-electron chi connectivity index (χ2n) is 2.84. The van der Waals surface area contributed by atoms with Crippen molar-refractivity contribution in [2.75, 3.05) is 13.7 Å². The van der Waals surface area contributed by atoms with Crippen LogP contribution in [0.1, 0.15) is 22.8 Å². The van der Waals surface area contributed by atoms with Gasteiger partial charge in [0.1, 0.15) is 23.0 Å². The summed E-state index contributed by atoms with van der Waals surface area (Å²) in [6, 6.07) is 3.91. The summed E-state index contributed by atoms with van der Waals surface area (Å²) >= 11 is 0. The molecule has 0 fully saturated rings. The molecule has 16 heavy (non-hydrogen) atoms. The van der Waals surface area contributed by atoms with Crippen molar-refractivity contribution in [2.24, 2.45) is 0 Å². The molecule has 1 aromatic rings. The number of benzene rings is 1. The van der Waals surface area contributed by atoms with E-state index in [0.29, 0.717) is 0 Å². The van der Waals surface area contributed by atoms with E-state index >= 15 is 0 Å². The minimum absolute atomic E-state index is 0.0438. The van der Waals surface area contributed by atoms with E-state index in [1.165, 1.54) is 13.2 Å². The molecule has 0 spiro atoms. The third-order valence-electron chi connectivity index (χ3n) is 1.92. The van der Waals surface area contributed by atoms with E-state index in [-0.39, 0.29) is 23.5 Å². The molecule has 0 saturated heterocycles. The maximum absolute atomic E-state index is 13.2. The molecule has 0 heterocycles. The average molecular weight is 223 g/mol. The van der Waals surface area contributed by atoms with Gasteiger partial charge in [-0.1, -0.05) is 0 Å². The molecule has 0 unspecified atom stereocenters. The molecule has 84 valence electrons. The second kappa shape index (κ2) is 5.12. The fourth-order valence-corrected chi connectivity index (χ4v) is 1.24. The Morgan fingerprint density at radius 1 is 1.56 bits per heavy atom. The molecule has 5 heteroatoms. The van der Waals surface area contributed by atoms with E-state index in [1.807, 2.05) is 0 Å². The summed E-state index contributed by atoms with van der Waals surface area (Å²) < 4.78 is 22.8. The molecule has 0 atom stereocenters. The largest absolute Gasteiger partial charge is 0.494 e. The van der Waals surface area contributed by atoms with Gasteiger partial charge in [0.25, 0.3) is 0 Å². The lowest BCUT2D eigenvalue weighted by atomic mass is 10.1. The Morgan fingerprint density at radius 3 is 2.75 bits per heavy atom. The molecule has 1 aromatic carbocycles. The van der Waals surface area contributed by atoms with E-state index in [4.69, 9.17) is 14.7 Å². The molecule has 4 nitrogen and oxygen atoms in total. The lowest BCUT2D eigenvalue weighted by molar-refractivity contribution is 0.0522. The Balaban J connectivity index is 3.31. The normalized spacial score (nSPS) is 9.38. The third-order valence-corrected chi connectivity index (χ3v) is 1.92. The van der Waals surface area contributed by atoms with Crippen LogP contribution in [0.2, 0.25) is 0 Å². The maximum atomic E-state index is 13.2. The van der Waals surface area contributed by atoms with E-state index in [1.54, 1.807) is 13.0 Å². The van der Waals surface area contributed by atoms with Gasteiger partial charge in [-0.25, -0.2) is 9.18 Å². The smallest absolute Gasteiger partial charge is 0.341 e. The molecule has 0 saturated carbocycles. The molecule has 0 N–H and O–H groups in total. The lowest BCUT2D eigenvalue weighted by Crippen LogP contribution is -2.08. The first kappa shape index (κ1) is 12.0. The SMILES string of the molecule is CCOC(=O)c1ccc(F)c(C#N)c1OC. The van der Waals surface area contributed by atoms with Crippen LogP contribution in [0.3, 0.4) is 0 Å². The summed E-state index contributed by atoms with van der Waals surface area (Å²) in [4.78, 5) is 11.5. The van der Waals surface area contributed by atoms with E-state index in [0.717, 1.165) is 6.07 Å². The Kier molecular flexibility index (Phi) is 3.84. The minimum atomic E-state index is -0.729. The topological polar surface area (TPSA) is 59.3 Å². The highest BCUT2D eigenvalue weighted by atomic mass is 19.1. The molecular weight excluding hydrogens is 213 g/mol. The van der Waals surface area contributed by atoms with Crippen molar-refractivity contribution < 1.29 is 18.7 Å². The second-order valence-corrected chi connectivity index (χ2v) is 2.84. The van der Waals surface area contributed by atoms with Crippen LogP contribution in [0.25, 0.3) is 0 Å². The van der Waals surface area contributed by atoms with Crippen molar-refractivity contribution in [3.05, 3.63) is 29.1 Å². The molecule has 0 radical (unpaired) electrons. The van der Waals surface area contributed by atoms with Crippen molar-refractivity contribution in [2.45, 2.75) is 6.92 Å². The van der Waals surface area contributed by atoms with Gasteiger partial charge in [-0.2, -0.15) is 5.26 Å². The monoisotopic (exact) mass is 223 g/mol. The maximum Gasteiger partial charge on any atom is 0.341 e. The van der Waals surface area contributed by atoms with Gasteiger partial charge in [-0.15, -0.1) is 0 Å². The van der Waals surface area contributed by atoms with Gasteiger partial charge in [0.05, 0.1) is 13.7 Å². The number of nitriles is 1. The molecule has 0 amide bonds. The Morgan fingerprint density at radius 2 is 2.25 bits per heavy atom. The molecular formula is C11H10FNO3. The Labute approximate surface area is 92.2 Å². The number of hydrogen-bond donors (Lipinski definition) is 0. The Bertz CT molecular complexity index is 451. The van der Waals surface area contributed by atoms with Crippen molar-refractivity contribution >= 4 is 5.97 Å². The first-order valence-corrected chi connectivity index (χ1v) is 4.59. The number of rotatable bonds is 3. The first-order chi connectivity index (χ1) is 7.65. The van der Waals surface area contributed by atoms with Crippen LogP contribution in [-0.4, -0.2) is 19.7 Å². The molecule has 0 aliphatic carbocycles. The number of carbonyl (C=O) groups is 1. The van der Waals surface area contributed by atoms with Gasteiger partial charge in [-0.05, 0) is 19.1 Å². The Hall–Kier alpha value is -2.09. The zero-order valence-electron chi connectivity index (χ0n) is 8.91.